The lowest BCUT2D eigenvalue weighted by Gasteiger charge is -2.27. The molecule has 0 saturated carbocycles. The van der Waals surface area contributed by atoms with Crippen molar-refractivity contribution in [3.8, 4) is 28.7 Å². The lowest BCUT2D eigenvalue weighted by atomic mass is 9.89. The number of nitrogens with one attached hydrogen (secondary N) is 2. The van der Waals surface area contributed by atoms with Crippen molar-refractivity contribution in [3.63, 3.8) is 0 Å². The fourth-order valence-corrected chi connectivity index (χ4v) is 8.23. The number of amides is 5. The number of alkyl halides is 3. The molecule has 2 saturated heterocycles. The summed E-state index contributed by atoms with van der Waals surface area (Å²) in [6, 6.07) is 23.9. The van der Waals surface area contributed by atoms with Crippen LogP contribution in [0, 0.1) is 16.7 Å². The van der Waals surface area contributed by atoms with Gasteiger partial charge in [-0.15, -0.1) is 0 Å². The summed E-state index contributed by atoms with van der Waals surface area (Å²) in [7, 11) is 0. The van der Waals surface area contributed by atoms with Crippen LogP contribution in [-0.4, -0.2) is 124 Å². The Kier molecular flexibility index (Phi) is 16.3. The highest BCUT2D eigenvalue weighted by atomic mass is 19.4. The standard InChI is InChI=1S/C50H52F3N5O11/c1-49(2)31-57(48(63)44(49)69-37-15-12-35(29-54)39(28-37)50(51,52)53)30-32-6-8-33(9-7-32)34-10-13-36(14-11-34)68-27-26-67-25-24-66-23-22-65-21-20-64-19-18-55-40-5-3-4-38-43(40)47(62)58(46(38)61)41-16-17-42(59)56-45(41)60/h3-15,28,41,44,55H,16-27,30-31H2,1-2H3,(H,56,59,60). The van der Waals surface area contributed by atoms with Crippen LogP contribution in [0.1, 0.15) is 64.1 Å². The zero-order valence-corrected chi connectivity index (χ0v) is 38.1. The lowest BCUT2D eigenvalue weighted by molar-refractivity contribution is -0.138. The number of benzene rings is 4. The average molecular weight is 956 g/mol. The number of anilines is 1. The highest BCUT2D eigenvalue weighted by Crippen LogP contribution is 2.39. The number of nitrogens with zero attached hydrogens (tertiary/aromatic N) is 3. The van der Waals surface area contributed by atoms with E-state index in [-0.39, 0.29) is 35.6 Å². The van der Waals surface area contributed by atoms with Crippen molar-refractivity contribution in [2.24, 2.45) is 5.41 Å². The number of piperidine rings is 1. The highest BCUT2D eigenvalue weighted by molar-refractivity contribution is 6.25. The number of hydrogen-bond donors (Lipinski definition) is 2. The van der Waals surface area contributed by atoms with Crippen molar-refractivity contribution in [2.45, 2.75) is 51.6 Å². The average Bonchev–Trinajstić information content (AvgIpc) is 3.70. The summed E-state index contributed by atoms with van der Waals surface area (Å²) < 4.78 is 74.6. The van der Waals surface area contributed by atoms with Gasteiger partial charge in [0.1, 0.15) is 24.1 Å². The van der Waals surface area contributed by atoms with Crippen LogP contribution in [0.5, 0.6) is 11.5 Å². The minimum atomic E-state index is -4.74. The van der Waals surface area contributed by atoms with Gasteiger partial charge < -0.3 is 38.6 Å². The molecular formula is C50H52F3N5O11. The SMILES string of the molecule is CC1(C)CN(Cc2ccc(-c3ccc(OCCOCCOCCOCCOCCNc4cccc5c4C(=O)N(C4CCC(=O)NC4=O)C5=O)cc3)cc2)C(=O)C1Oc1ccc(C#N)c(C(F)(F)F)c1. The molecule has 3 aliphatic heterocycles. The minimum Gasteiger partial charge on any atom is -0.491 e. The number of carbonyl (C=O) groups excluding carboxylic acids is 5. The molecule has 0 radical (unpaired) electrons. The fraction of sp³-hybridized carbons (Fsp3) is 0.400. The first-order chi connectivity index (χ1) is 33.1. The van der Waals surface area contributed by atoms with Gasteiger partial charge in [-0.05, 0) is 65.6 Å². The number of imide groups is 2. The number of likely N-dealkylation sites (tertiary alicyclic amines) is 1. The quantitative estimate of drug-likeness (QED) is 0.0648. The Labute approximate surface area is 396 Å². The van der Waals surface area contributed by atoms with Gasteiger partial charge in [-0.2, -0.15) is 18.4 Å². The molecule has 4 aromatic rings. The molecule has 19 heteroatoms. The molecule has 0 bridgehead atoms. The third kappa shape index (κ3) is 12.4. The second-order valence-electron chi connectivity index (χ2n) is 17.1. The van der Waals surface area contributed by atoms with E-state index in [0.29, 0.717) is 90.5 Å². The summed E-state index contributed by atoms with van der Waals surface area (Å²) >= 11 is 0. The second kappa shape index (κ2) is 22.5. The van der Waals surface area contributed by atoms with E-state index in [4.69, 9.17) is 33.7 Å². The largest absolute Gasteiger partial charge is 0.491 e. The molecule has 2 atom stereocenters. The fourth-order valence-electron chi connectivity index (χ4n) is 8.23. The van der Waals surface area contributed by atoms with E-state index in [1.54, 1.807) is 23.1 Å². The molecule has 0 spiro atoms. The zero-order valence-electron chi connectivity index (χ0n) is 38.1. The van der Waals surface area contributed by atoms with E-state index >= 15 is 0 Å². The summed E-state index contributed by atoms with van der Waals surface area (Å²) in [4.78, 5) is 66.1. The maximum absolute atomic E-state index is 13.5. The summed E-state index contributed by atoms with van der Waals surface area (Å²) in [5.41, 5.74) is 1.34. The molecule has 2 unspecified atom stereocenters. The van der Waals surface area contributed by atoms with Crippen molar-refractivity contribution < 1.29 is 65.6 Å². The van der Waals surface area contributed by atoms with Gasteiger partial charge in [-0.25, -0.2) is 0 Å². The monoisotopic (exact) mass is 955 g/mol. The molecule has 4 aromatic carbocycles. The van der Waals surface area contributed by atoms with Crippen molar-refractivity contribution in [2.75, 3.05) is 77.9 Å². The Morgan fingerprint density at radius 1 is 0.768 bits per heavy atom. The van der Waals surface area contributed by atoms with Crippen molar-refractivity contribution in [1.82, 2.24) is 15.1 Å². The Morgan fingerprint density at radius 2 is 1.38 bits per heavy atom. The Morgan fingerprint density at radius 3 is 2.00 bits per heavy atom. The van der Waals surface area contributed by atoms with Gasteiger partial charge in [0.15, 0.2) is 6.10 Å². The maximum atomic E-state index is 13.5. The number of nitriles is 1. The van der Waals surface area contributed by atoms with E-state index in [1.165, 1.54) is 12.1 Å². The Hall–Kier alpha value is -6.85. The summed E-state index contributed by atoms with van der Waals surface area (Å²) in [5.74, 6) is -2.01. The Bertz CT molecular complexity index is 2550. The van der Waals surface area contributed by atoms with Crippen molar-refractivity contribution in [3.05, 3.63) is 113 Å². The van der Waals surface area contributed by atoms with Crippen molar-refractivity contribution in [1.29, 1.82) is 5.26 Å². The van der Waals surface area contributed by atoms with Crippen LogP contribution < -0.4 is 20.1 Å². The van der Waals surface area contributed by atoms with Gasteiger partial charge in [0, 0.05) is 37.2 Å². The molecule has 2 fully saturated rings. The number of rotatable bonds is 23. The molecular weight excluding hydrogens is 904 g/mol. The van der Waals surface area contributed by atoms with Crippen LogP contribution in [0.25, 0.3) is 11.1 Å². The van der Waals surface area contributed by atoms with Gasteiger partial charge in [0.25, 0.3) is 17.7 Å². The maximum Gasteiger partial charge on any atom is 0.417 e. The van der Waals surface area contributed by atoms with Gasteiger partial charge in [0.2, 0.25) is 11.8 Å². The van der Waals surface area contributed by atoms with Gasteiger partial charge in [-0.1, -0.05) is 56.3 Å². The number of halogens is 3. The third-order valence-electron chi connectivity index (χ3n) is 11.7. The molecule has 0 aliphatic carbocycles. The lowest BCUT2D eigenvalue weighted by Crippen LogP contribution is -2.54. The third-order valence-corrected chi connectivity index (χ3v) is 11.7. The van der Waals surface area contributed by atoms with Crippen LogP contribution in [0.15, 0.2) is 84.9 Å². The first-order valence-corrected chi connectivity index (χ1v) is 22.4. The van der Waals surface area contributed by atoms with E-state index in [1.807, 2.05) is 62.4 Å². The smallest absolute Gasteiger partial charge is 0.417 e. The van der Waals surface area contributed by atoms with Gasteiger partial charge in [-0.3, -0.25) is 34.2 Å². The predicted octanol–water partition coefficient (Wildman–Crippen LogP) is 6.02. The molecule has 69 heavy (non-hydrogen) atoms. The van der Waals surface area contributed by atoms with Crippen LogP contribution in [0.2, 0.25) is 0 Å². The number of ether oxygens (including phenoxy) is 6. The van der Waals surface area contributed by atoms with E-state index in [0.717, 1.165) is 33.7 Å². The van der Waals surface area contributed by atoms with Crippen LogP contribution in [0.3, 0.4) is 0 Å². The number of hydrogen-bond acceptors (Lipinski definition) is 13. The zero-order chi connectivity index (χ0) is 49.1. The molecule has 3 heterocycles. The van der Waals surface area contributed by atoms with Crippen molar-refractivity contribution >= 4 is 35.2 Å². The van der Waals surface area contributed by atoms with E-state index in [9.17, 15) is 37.1 Å². The second-order valence-corrected chi connectivity index (χ2v) is 17.1. The topological polar surface area (TPSA) is 195 Å². The molecule has 3 aliphatic rings. The normalized spacial score (nSPS) is 17.8. The van der Waals surface area contributed by atoms with Crippen LogP contribution >= 0.6 is 0 Å². The number of fused-ring (bicyclic) bond motifs is 1. The molecule has 0 aromatic heterocycles. The predicted molar refractivity (Wildman–Crippen MR) is 242 cm³/mol. The molecule has 16 nitrogen and oxygen atoms in total. The van der Waals surface area contributed by atoms with Crippen LogP contribution in [-0.2, 0) is 46.1 Å². The molecule has 364 valence electrons. The molecule has 2 N–H and O–H groups in total. The summed E-state index contributed by atoms with van der Waals surface area (Å²) in [5, 5.41) is 14.4. The Balaban J connectivity index is 0.712. The first kappa shape index (κ1) is 50.0. The molecule has 5 amide bonds. The highest BCUT2D eigenvalue weighted by Gasteiger charge is 2.49. The van der Waals surface area contributed by atoms with Gasteiger partial charge in [0.05, 0.1) is 81.2 Å². The first-order valence-electron chi connectivity index (χ1n) is 22.4. The van der Waals surface area contributed by atoms with Crippen LogP contribution in [0.4, 0.5) is 18.9 Å². The summed E-state index contributed by atoms with van der Waals surface area (Å²) in [6.45, 7) is 7.91. The van der Waals surface area contributed by atoms with E-state index in [2.05, 4.69) is 10.6 Å². The number of carbonyl (C=O) groups is 5. The molecule has 7 rings (SSSR count). The minimum absolute atomic E-state index is 0.0482. The van der Waals surface area contributed by atoms with Gasteiger partial charge >= 0.3 is 6.18 Å². The van der Waals surface area contributed by atoms with E-state index < -0.39 is 58.5 Å². The summed E-state index contributed by atoms with van der Waals surface area (Å²) in [6.07, 6.45) is -5.61.